The number of benzene rings is 2. The number of ether oxygens (including phenoxy) is 2. The molecule has 2 amide bonds. The van der Waals surface area contributed by atoms with E-state index in [4.69, 9.17) is 9.47 Å². The summed E-state index contributed by atoms with van der Waals surface area (Å²) in [6.45, 7) is 4.49. The number of fused-ring (bicyclic) bond motifs is 1. The van der Waals surface area contributed by atoms with Crippen LogP contribution in [0.4, 0.5) is 14.5 Å². The highest BCUT2D eigenvalue weighted by atomic mass is 19.1. The molecular formula is C21H22F2N2O4. The molecule has 0 radical (unpaired) electrons. The number of carbonyl (C=O) groups is 2. The monoisotopic (exact) mass is 404 g/mol. The van der Waals surface area contributed by atoms with Crippen LogP contribution in [0.2, 0.25) is 0 Å². The Labute approximate surface area is 167 Å². The van der Waals surface area contributed by atoms with Gasteiger partial charge in [0.15, 0.2) is 11.5 Å². The van der Waals surface area contributed by atoms with Gasteiger partial charge < -0.3 is 20.1 Å². The SMILES string of the molecule is CC(C)[C@H](NC(=O)c1c(F)cccc1F)C(=O)Nc1ccc2c(c1)OCCCO2. The molecule has 6 nitrogen and oxygen atoms in total. The smallest absolute Gasteiger partial charge is 0.257 e. The average molecular weight is 404 g/mol. The maximum atomic E-state index is 13.9. The molecule has 1 aliphatic rings. The first-order valence-corrected chi connectivity index (χ1v) is 9.32. The third-order valence-electron chi connectivity index (χ3n) is 4.44. The zero-order chi connectivity index (χ0) is 21.0. The summed E-state index contributed by atoms with van der Waals surface area (Å²) in [6.07, 6.45) is 0.754. The summed E-state index contributed by atoms with van der Waals surface area (Å²) in [6, 6.07) is 7.11. The van der Waals surface area contributed by atoms with E-state index >= 15 is 0 Å². The second-order valence-electron chi connectivity index (χ2n) is 6.99. The second kappa shape index (κ2) is 8.89. The molecule has 0 aromatic heterocycles. The van der Waals surface area contributed by atoms with Gasteiger partial charge >= 0.3 is 0 Å². The first-order chi connectivity index (χ1) is 13.9. The molecule has 2 N–H and O–H groups in total. The van der Waals surface area contributed by atoms with Crippen LogP contribution < -0.4 is 20.1 Å². The minimum Gasteiger partial charge on any atom is -0.490 e. The van der Waals surface area contributed by atoms with Crippen LogP contribution in [-0.4, -0.2) is 31.1 Å². The van der Waals surface area contributed by atoms with Crippen molar-refractivity contribution in [2.24, 2.45) is 5.92 Å². The predicted molar refractivity (Wildman–Crippen MR) is 103 cm³/mol. The fourth-order valence-electron chi connectivity index (χ4n) is 2.92. The summed E-state index contributed by atoms with van der Waals surface area (Å²) < 4.78 is 38.9. The van der Waals surface area contributed by atoms with Crippen molar-refractivity contribution < 1.29 is 27.8 Å². The fourth-order valence-corrected chi connectivity index (χ4v) is 2.92. The van der Waals surface area contributed by atoms with E-state index in [2.05, 4.69) is 10.6 Å². The summed E-state index contributed by atoms with van der Waals surface area (Å²) in [5.74, 6) is -2.72. The molecule has 0 spiro atoms. The summed E-state index contributed by atoms with van der Waals surface area (Å²) in [5, 5.41) is 5.12. The summed E-state index contributed by atoms with van der Waals surface area (Å²) in [5.41, 5.74) is -0.266. The molecule has 8 heteroatoms. The molecule has 1 aliphatic heterocycles. The van der Waals surface area contributed by atoms with E-state index in [0.717, 1.165) is 24.6 Å². The third kappa shape index (κ3) is 4.82. The van der Waals surface area contributed by atoms with Crippen LogP contribution in [-0.2, 0) is 4.79 Å². The van der Waals surface area contributed by atoms with Crippen molar-refractivity contribution in [3.05, 3.63) is 53.6 Å². The van der Waals surface area contributed by atoms with Crippen molar-refractivity contribution >= 4 is 17.5 Å². The molecule has 29 heavy (non-hydrogen) atoms. The zero-order valence-corrected chi connectivity index (χ0v) is 16.1. The highest BCUT2D eigenvalue weighted by Crippen LogP contribution is 2.32. The van der Waals surface area contributed by atoms with Gasteiger partial charge in [0.05, 0.1) is 13.2 Å². The van der Waals surface area contributed by atoms with E-state index in [1.54, 1.807) is 32.0 Å². The Morgan fingerprint density at radius 1 is 1.00 bits per heavy atom. The van der Waals surface area contributed by atoms with Crippen LogP contribution >= 0.6 is 0 Å². The summed E-state index contributed by atoms with van der Waals surface area (Å²) >= 11 is 0. The third-order valence-corrected chi connectivity index (χ3v) is 4.44. The van der Waals surface area contributed by atoms with Crippen molar-refractivity contribution in [1.29, 1.82) is 0 Å². The molecule has 0 bridgehead atoms. The van der Waals surface area contributed by atoms with E-state index in [1.165, 1.54) is 0 Å². The van der Waals surface area contributed by atoms with E-state index in [1.807, 2.05) is 0 Å². The molecular weight excluding hydrogens is 382 g/mol. The van der Waals surface area contributed by atoms with Crippen LogP contribution in [0.5, 0.6) is 11.5 Å². The lowest BCUT2D eigenvalue weighted by atomic mass is 10.0. The van der Waals surface area contributed by atoms with Crippen molar-refractivity contribution in [2.45, 2.75) is 26.3 Å². The molecule has 0 saturated heterocycles. The standard InChI is InChI=1S/C21H22F2N2O4/c1-12(2)19(25-20(26)18-14(22)5-3-6-15(18)23)21(27)24-13-7-8-16-17(11-13)29-10-4-9-28-16/h3,5-8,11-12,19H,4,9-10H2,1-2H3,(H,24,27)(H,25,26)/t19-/m0/s1. The lowest BCUT2D eigenvalue weighted by molar-refractivity contribution is -0.118. The quantitative estimate of drug-likeness (QED) is 0.800. The zero-order valence-electron chi connectivity index (χ0n) is 16.1. The number of halogens is 2. The number of hydrogen-bond acceptors (Lipinski definition) is 4. The Morgan fingerprint density at radius 2 is 1.66 bits per heavy atom. The van der Waals surface area contributed by atoms with E-state index in [9.17, 15) is 18.4 Å². The topological polar surface area (TPSA) is 76.7 Å². The van der Waals surface area contributed by atoms with E-state index in [0.29, 0.717) is 30.4 Å². The first kappa shape index (κ1) is 20.6. The molecule has 1 heterocycles. The Morgan fingerprint density at radius 3 is 2.31 bits per heavy atom. The van der Waals surface area contributed by atoms with E-state index in [-0.39, 0.29) is 5.92 Å². The summed E-state index contributed by atoms with van der Waals surface area (Å²) in [4.78, 5) is 25.1. The van der Waals surface area contributed by atoms with Gasteiger partial charge in [-0.05, 0) is 30.2 Å². The van der Waals surface area contributed by atoms with Crippen molar-refractivity contribution in [1.82, 2.24) is 5.32 Å². The molecule has 2 aromatic rings. The second-order valence-corrected chi connectivity index (χ2v) is 6.99. The number of hydrogen-bond donors (Lipinski definition) is 2. The largest absolute Gasteiger partial charge is 0.490 e. The maximum absolute atomic E-state index is 13.9. The van der Waals surface area contributed by atoms with Crippen molar-refractivity contribution in [3.63, 3.8) is 0 Å². The van der Waals surface area contributed by atoms with Crippen molar-refractivity contribution in [2.75, 3.05) is 18.5 Å². The van der Waals surface area contributed by atoms with Crippen LogP contribution in [0.25, 0.3) is 0 Å². The Kier molecular flexibility index (Phi) is 6.31. The van der Waals surface area contributed by atoms with Crippen molar-refractivity contribution in [3.8, 4) is 11.5 Å². The number of anilines is 1. The van der Waals surface area contributed by atoms with Gasteiger partial charge in [0, 0.05) is 18.2 Å². The number of nitrogens with one attached hydrogen (secondary N) is 2. The molecule has 0 saturated carbocycles. The van der Waals surface area contributed by atoms with Gasteiger partial charge in [-0.3, -0.25) is 9.59 Å². The minimum absolute atomic E-state index is 0.325. The van der Waals surface area contributed by atoms with Gasteiger partial charge in [-0.2, -0.15) is 0 Å². The lowest BCUT2D eigenvalue weighted by Gasteiger charge is -2.22. The Hall–Kier alpha value is -3.16. The Bertz CT molecular complexity index is 897. The minimum atomic E-state index is -1.00. The predicted octanol–water partition coefficient (Wildman–Crippen LogP) is 3.52. The van der Waals surface area contributed by atoms with E-state index < -0.39 is 35.1 Å². The molecule has 0 fully saturated rings. The maximum Gasteiger partial charge on any atom is 0.257 e. The van der Waals surface area contributed by atoms with Gasteiger partial charge in [0.25, 0.3) is 5.91 Å². The number of rotatable bonds is 5. The van der Waals surface area contributed by atoms with Crippen LogP contribution in [0.3, 0.4) is 0 Å². The normalized spacial score (nSPS) is 14.1. The van der Waals surface area contributed by atoms with Gasteiger partial charge in [0.2, 0.25) is 5.91 Å². The fraction of sp³-hybridized carbons (Fsp3) is 0.333. The highest BCUT2D eigenvalue weighted by molar-refractivity contribution is 6.01. The molecule has 0 aliphatic carbocycles. The van der Waals surface area contributed by atoms with Crippen LogP contribution in [0.15, 0.2) is 36.4 Å². The molecule has 0 unspecified atom stereocenters. The van der Waals surface area contributed by atoms with Crippen LogP contribution in [0, 0.1) is 17.6 Å². The van der Waals surface area contributed by atoms with Gasteiger partial charge in [-0.25, -0.2) is 8.78 Å². The molecule has 2 aromatic carbocycles. The highest BCUT2D eigenvalue weighted by Gasteiger charge is 2.27. The summed E-state index contributed by atoms with van der Waals surface area (Å²) in [7, 11) is 0. The van der Waals surface area contributed by atoms with Gasteiger partial charge in [-0.1, -0.05) is 19.9 Å². The average Bonchev–Trinajstić information content (AvgIpc) is 2.90. The molecule has 3 rings (SSSR count). The first-order valence-electron chi connectivity index (χ1n) is 9.32. The molecule has 154 valence electrons. The van der Waals surface area contributed by atoms with Gasteiger partial charge in [0.1, 0.15) is 23.2 Å². The number of amides is 2. The van der Waals surface area contributed by atoms with Crippen LogP contribution in [0.1, 0.15) is 30.6 Å². The molecule has 1 atom stereocenters. The number of carbonyl (C=O) groups excluding carboxylic acids is 2. The lowest BCUT2D eigenvalue weighted by Crippen LogP contribution is -2.47. The van der Waals surface area contributed by atoms with Gasteiger partial charge in [-0.15, -0.1) is 0 Å². The Balaban J connectivity index is 1.75.